The first-order chi connectivity index (χ1) is 14.8. The maximum atomic E-state index is 11.7. The molecule has 170 valence electrons. The SMILES string of the molecule is CCCCCCCCCCCCCCCCCC=CCCC(=O)Oc1ccccc1. The lowest BCUT2D eigenvalue weighted by Crippen LogP contribution is -2.06. The van der Waals surface area contributed by atoms with E-state index in [1.54, 1.807) is 0 Å². The molecule has 0 radical (unpaired) electrons. The van der Waals surface area contributed by atoms with E-state index in [2.05, 4.69) is 19.1 Å². The molecule has 0 aliphatic carbocycles. The normalized spacial score (nSPS) is 11.2. The van der Waals surface area contributed by atoms with E-state index in [9.17, 15) is 4.79 Å². The first-order valence-corrected chi connectivity index (χ1v) is 12.7. The molecule has 0 amide bonds. The van der Waals surface area contributed by atoms with Gasteiger partial charge in [-0.1, -0.05) is 127 Å². The van der Waals surface area contributed by atoms with E-state index < -0.39 is 0 Å². The quantitative estimate of drug-likeness (QED) is 0.0919. The Kier molecular flexibility index (Phi) is 18.3. The van der Waals surface area contributed by atoms with Gasteiger partial charge < -0.3 is 4.74 Å². The minimum atomic E-state index is -0.155. The zero-order valence-electron chi connectivity index (χ0n) is 19.6. The molecule has 0 saturated carbocycles. The molecular formula is C28H46O2. The van der Waals surface area contributed by atoms with Gasteiger partial charge >= 0.3 is 5.97 Å². The van der Waals surface area contributed by atoms with Gasteiger partial charge in [0.15, 0.2) is 0 Å². The van der Waals surface area contributed by atoms with Crippen LogP contribution in [0.25, 0.3) is 0 Å². The average molecular weight is 415 g/mol. The first-order valence-electron chi connectivity index (χ1n) is 12.7. The molecule has 0 unspecified atom stereocenters. The van der Waals surface area contributed by atoms with E-state index in [0.29, 0.717) is 12.2 Å². The summed E-state index contributed by atoms with van der Waals surface area (Å²) >= 11 is 0. The van der Waals surface area contributed by atoms with Crippen molar-refractivity contribution in [1.29, 1.82) is 0 Å². The molecule has 0 spiro atoms. The molecule has 2 heteroatoms. The molecule has 0 aliphatic rings. The number of rotatable bonds is 20. The van der Waals surface area contributed by atoms with Gasteiger partial charge in [0.25, 0.3) is 0 Å². The van der Waals surface area contributed by atoms with Crippen LogP contribution in [0.2, 0.25) is 0 Å². The van der Waals surface area contributed by atoms with Crippen molar-refractivity contribution < 1.29 is 9.53 Å². The highest BCUT2D eigenvalue weighted by molar-refractivity contribution is 5.72. The monoisotopic (exact) mass is 414 g/mol. The summed E-state index contributed by atoms with van der Waals surface area (Å²) in [5, 5.41) is 0. The number of allylic oxidation sites excluding steroid dienone is 2. The number of ether oxygens (including phenoxy) is 1. The Bertz CT molecular complexity index is 521. The van der Waals surface area contributed by atoms with Crippen LogP contribution in [0, 0.1) is 0 Å². The lowest BCUT2D eigenvalue weighted by Gasteiger charge is -2.03. The summed E-state index contributed by atoms with van der Waals surface area (Å²) in [6.07, 6.45) is 27.8. The van der Waals surface area contributed by atoms with E-state index in [0.717, 1.165) is 12.8 Å². The summed E-state index contributed by atoms with van der Waals surface area (Å²) in [7, 11) is 0. The molecule has 1 rings (SSSR count). The third-order valence-electron chi connectivity index (χ3n) is 5.63. The number of esters is 1. The highest BCUT2D eigenvalue weighted by atomic mass is 16.5. The van der Waals surface area contributed by atoms with Crippen molar-refractivity contribution in [3.63, 3.8) is 0 Å². The molecule has 0 heterocycles. The zero-order valence-corrected chi connectivity index (χ0v) is 19.6. The molecule has 0 saturated heterocycles. The molecule has 30 heavy (non-hydrogen) atoms. The molecule has 0 aliphatic heterocycles. The van der Waals surface area contributed by atoms with Crippen molar-refractivity contribution in [2.45, 2.75) is 122 Å². The fraction of sp³-hybridized carbons (Fsp3) is 0.679. The van der Waals surface area contributed by atoms with Crippen LogP contribution < -0.4 is 4.74 Å². The molecule has 1 aromatic rings. The molecule has 0 atom stereocenters. The summed E-state index contributed by atoms with van der Waals surface area (Å²) < 4.78 is 5.28. The van der Waals surface area contributed by atoms with E-state index in [1.165, 1.54) is 96.3 Å². The van der Waals surface area contributed by atoms with Crippen molar-refractivity contribution in [1.82, 2.24) is 0 Å². The number of unbranched alkanes of at least 4 members (excludes halogenated alkanes) is 15. The van der Waals surface area contributed by atoms with Gasteiger partial charge in [0.05, 0.1) is 0 Å². The third-order valence-corrected chi connectivity index (χ3v) is 5.63. The van der Waals surface area contributed by atoms with Crippen LogP contribution in [0.4, 0.5) is 0 Å². The molecular weight excluding hydrogens is 368 g/mol. The standard InChI is InChI=1S/C28H46O2/c1-2-3-4-5-6-7-8-9-10-11-12-13-14-15-16-17-18-19-23-26-28(29)30-27-24-21-20-22-25-27/h18-22,24-25H,2-17,23,26H2,1H3. The van der Waals surface area contributed by atoms with Gasteiger partial charge in [-0.05, 0) is 31.4 Å². The average Bonchev–Trinajstić information content (AvgIpc) is 2.76. The van der Waals surface area contributed by atoms with Gasteiger partial charge in [0.2, 0.25) is 0 Å². The second-order valence-electron chi connectivity index (χ2n) is 8.54. The van der Waals surface area contributed by atoms with Gasteiger partial charge in [-0.3, -0.25) is 4.79 Å². The highest BCUT2D eigenvalue weighted by Gasteiger charge is 2.02. The Labute approximate surface area is 186 Å². The Morgan fingerprint density at radius 3 is 1.67 bits per heavy atom. The molecule has 0 fully saturated rings. The van der Waals surface area contributed by atoms with E-state index in [-0.39, 0.29) is 5.97 Å². The fourth-order valence-corrected chi connectivity index (χ4v) is 3.74. The summed E-state index contributed by atoms with van der Waals surface area (Å²) in [6.45, 7) is 2.29. The van der Waals surface area contributed by atoms with Crippen LogP contribution in [-0.4, -0.2) is 5.97 Å². The number of hydrogen-bond acceptors (Lipinski definition) is 2. The van der Waals surface area contributed by atoms with Gasteiger partial charge in [0, 0.05) is 6.42 Å². The number of para-hydroxylation sites is 1. The Morgan fingerprint density at radius 1 is 0.667 bits per heavy atom. The minimum absolute atomic E-state index is 0.155. The Balaban J connectivity index is 1.77. The first kappa shape index (κ1) is 26.5. The highest BCUT2D eigenvalue weighted by Crippen LogP contribution is 2.14. The summed E-state index contributed by atoms with van der Waals surface area (Å²) in [4.78, 5) is 11.7. The van der Waals surface area contributed by atoms with Crippen LogP contribution in [0.3, 0.4) is 0 Å². The number of benzene rings is 1. The zero-order chi connectivity index (χ0) is 21.5. The lowest BCUT2D eigenvalue weighted by molar-refractivity contribution is -0.134. The Hall–Kier alpha value is -1.57. The smallest absolute Gasteiger partial charge is 0.311 e. The van der Waals surface area contributed by atoms with E-state index in [4.69, 9.17) is 4.74 Å². The maximum absolute atomic E-state index is 11.7. The van der Waals surface area contributed by atoms with E-state index >= 15 is 0 Å². The second-order valence-corrected chi connectivity index (χ2v) is 8.54. The number of carbonyl (C=O) groups excluding carboxylic acids is 1. The van der Waals surface area contributed by atoms with E-state index in [1.807, 2.05) is 30.3 Å². The molecule has 0 aromatic heterocycles. The van der Waals surface area contributed by atoms with Crippen molar-refractivity contribution in [3.8, 4) is 5.75 Å². The summed E-state index contributed by atoms with van der Waals surface area (Å²) in [5.41, 5.74) is 0. The van der Waals surface area contributed by atoms with Gasteiger partial charge in [0.1, 0.15) is 5.75 Å². The topological polar surface area (TPSA) is 26.3 Å². The molecule has 1 aromatic carbocycles. The minimum Gasteiger partial charge on any atom is -0.427 e. The number of carbonyl (C=O) groups is 1. The molecule has 2 nitrogen and oxygen atoms in total. The van der Waals surface area contributed by atoms with Gasteiger partial charge in [-0.25, -0.2) is 0 Å². The van der Waals surface area contributed by atoms with Crippen LogP contribution in [0.1, 0.15) is 122 Å². The van der Waals surface area contributed by atoms with Crippen LogP contribution in [-0.2, 0) is 4.79 Å². The number of hydrogen-bond donors (Lipinski definition) is 0. The predicted octanol–water partition coefficient (Wildman–Crippen LogP) is 9.19. The Morgan fingerprint density at radius 2 is 1.13 bits per heavy atom. The lowest BCUT2D eigenvalue weighted by atomic mass is 10.0. The third kappa shape index (κ3) is 17.3. The second kappa shape index (κ2) is 20.7. The van der Waals surface area contributed by atoms with Crippen LogP contribution in [0.15, 0.2) is 42.5 Å². The van der Waals surface area contributed by atoms with Crippen LogP contribution >= 0.6 is 0 Å². The summed E-state index contributed by atoms with van der Waals surface area (Å²) in [6, 6.07) is 9.28. The van der Waals surface area contributed by atoms with Crippen molar-refractivity contribution in [2.24, 2.45) is 0 Å². The van der Waals surface area contributed by atoms with Crippen molar-refractivity contribution >= 4 is 5.97 Å². The molecule has 0 bridgehead atoms. The molecule has 0 N–H and O–H groups in total. The fourth-order valence-electron chi connectivity index (χ4n) is 3.74. The van der Waals surface area contributed by atoms with Gasteiger partial charge in [-0.15, -0.1) is 0 Å². The van der Waals surface area contributed by atoms with Crippen molar-refractivity contribution in [3.05, 3.63) is 42.5 Å². The largest absolute Gasteiger partial charge is 0.427 e. The van der Waals surface area contributed by atoms with Gasteiger partial charge in [-0.2, -0.15) is 0 Å². The maximum Gasteiger partial charge on any atom is 0.311 e. The summed E-state index contributed by atoms with van der Waals surface area (Å²) in [5.74, 6) is 0.474. The van der Waals surface area contributed by atoms with Crippen molar-refractivity contribution in [2.75, 3.05) is 0 Å². The van der Waals surface area contributed by atoms with Crippen LogP contribution in [0.5, 0.6) is 5.75 Å². The predicted molar refractivity (Wildman–Crippen MR) is 130 cm³/mol.